The van der Waals surface area contributed by atoms with Crippen molar-refractivity contribution in [1.29, 1.82) is 0 Å². The number of rotatable bonds is 4. The fourth-order valence-corrected chi connectivity index (χ4v) is 2.84. The Bertz CT molecular complexity index is 1020. The number of halogens is 3. The van der Waals surface area contributed by atoms with Gasteiger partial charge >= 0.3 is 24.1 Å². The lowest BCUT2D eigenvalue weighted by atomic mass is 9.82. The number of carbonyl (C=O) groups excluding carboxylic acids is 2. The van der Waals surface area contributed by atoms with Crippen LogP contribution in [0.5, 0.6) is 0 Å². The molecule has 3 amide bonds. The third-order valence-electron chi connectivity index (χ3n) is 4.25. The maximum absolute atomic E-state index is 12.4. The molecule has 10 nitrogen and oxygen atoms in total. The van der Waals surface area contributed by atoms with E-state index >= 15 is 0 Å². The predicted molar refractivity (Wildman–Crippen MR) is 103 cm³/mol. The van der Waals surface area contributed by atoms with Gasteiger partial charge in [-0.2, -0.15) is 13.2 Å². The van der Waals surface area contributed by atoms with Crippen molar-refractivity contribution in [1.82, 2.24) is 9.88 Å². The highest BCUT2D eigenvalue weighted by molar-refractivity contribution is 6.11. The number of urea groups is 1. The molecule has 2 aromatic rings. The zero-order valence-corrected chi connectivity index (χ0v) is 16.1. The van der Waals surface area contributed by atoms with Crippen LogP contribution in [0.15, 0.2) is 48.7 Å². The van der Waals surface area contributed by atoms with Crippen molar-refractivity contribution in [3.8, 4) is 0 Å². The lowest BCUT2D eigenvalue weighted by Crippen LogP contribution is -2.67. The van der Waals surface area contributed by atoms with E-state index in [0.29, 0.717) is 11.3 Å². The van der Waals surface area contributed by atoms with E-state index in [0.717, 1.165) is 4.90 Å². The second kappa shape index (κ2) is 9.76. The average Bonchev–Trinajstić information content (AvgIpc) is 2.70. The van der Waals surface area contributed by atoms with Crippen molar-refractivity contribution in [3.05, 3.63) is 54.2 Å². The summed E-state index contributed by atoms with van der Waals surface area (Å²) in [6.45, 7) is 0. The SMILES string of the molecule is Nc1cc(CC2C(=O)N(C(=O)Nc3ccccc3)C2C(=O)O)ccn1.O=C(O)C(F)(F)F. The maximum Gasteiger partial charge on any atom is 0.490 e. The molecule has 0 bridgehead atoms. The smallest absolute Gasteiger partial charge is 0.480 e. The number of carboxylic acids is 2. The molecule has 1 saturated heterocycles. The first-order chi connectivity index (χ1) is 14.9. The van der Waals surface area contributed by atoms with Crippen LogP contribution in [0.4, 0.5) is 29.5 Å². The monoisotopic (exact) mass is 454 g/mol. The Kier molecular flexibility index (Phi) is 7.36. The average molecular weight is 454 g/mol. The molecule has 1 aliphatic heterocycles. The van der Waals surface area contributed by atoms with Crippen LogP contribution in [-0.4, -0.2) is 56.2 Å². The van der Waals surface area contributed by atoms with Gasteiger partial charge < -0.3 is 21.3 Å². The van der Waals surface area contributed by atoms with E-state index in [-0.39, 0.29) is 12.2 Å². The zero-order valence-electron chi connectivity index (χ0n) is 16.1. The van der Waals surface area contributed by atoms with E-state index in [9.17, 15) is 32.7 Å². The Hall–Kier alpha value is -4.16. The van der Waals surface area contributed by atoms with Crippen LogP contribution in [0.3, 0.4) is 0 Å². The summed E-state index contributed by atoms with van der Waals surface area (Å²) in [6.07, 6.45) is -3.42. The van der Waals surface area contributed by atoms with Gasteiger partial charge in [0.2, 0.25) is 5.91 Å². The summed E-state index contributed by atoms with van der Waals surface area (Å²) in [5, 5.41) is 19.1. The van der Waals surface area contributed by atoms with Gasteiger partial charge in [-0.15, -0.1) is 0 Å². The van der Waals surface area contributed by atoms with Crippen LogP contribution in [0, 0.1) is 5.92 Å². The number of carbonyl (C=O) groups is 4. The molecule has 2 unspecified atom stereocenters. The summed E-state index contributed by atoms with van der Waals surface area (Å²) in [5.74, 6) is -5.05. The topological polar surface area (TPSA) is 163 Å². The Labute approximate surface area is 178 Å². The maximum atomic E-state index is 12.4. The second-order valence-corrected chi connectivity index (χ2v) is 6.49. The first kappa shape index (κ1) is 24.1. The van der Waals surface area contributed by atoms with E-state index in [1.165, 1.54) is 6.20 Å². The zero-order chi connectivity index (χ0) is 24.1. The minimum absolute atomic E-state index is 0.178. The Balaban J connectivity index is 0.000000451. The summed E-state index contributed by atoms with van der Waals surface area (Å²) in [7, 11) is 0. The third kappa shape index (κ3) is 5.93. The van der Waals surface area contributed by atoms with Crippen LogP contribution >= 0.6 is 0 Å². The van der Waals surface area contributed by atoms with E-state index in [4.69, 9.17) is 15.6 Å². The molecule has 1 aliphatic rings. The number of para-hydroxylation sites is 1. The molecule has 1 aromatic carbocycles. The number of pyridine rings is 1. The van der Waals surface area contributed by atoms with Gasteiger partial charge in [0.25, 0.3) is 0 Å². The number of aromatic nitrogens is 1. The highest BCUT2D eigenvalue weighted by Crippen LogP contribution is 2.31. The van der Waals surface area contributed by atoms with Gasteiger partial charge in [-0.25, -0.2) is 24.3 Å². The van der Waals surface area contributed by atoms with E-state index in [2.05, 4.69) is 10.3 Å². The summed E-state index contributed by atoms with van der Waals surface area (Å²) in [4.78, 5) is 49.7. The number of hydrogen-bond donors (Lipinski definition) is 4. The number of β-lactam (4-membered cyclic amide) rings is 1. The molecule has 0 spiro atoms. The highest BCUT2D eigenvalue weighted by atomic mass is 19.4. The molecule has 1 aromatic heterocycles. The van der Waals surface area contributed by atoms with Gasteiger partial charge in [0.15, 0.2) is 6.04 Å². The van der Waals surface area contributed by atoms with Gasteiger partial charge in [-0.1, -0.05) is 18.2 Å². The lowest BCUT2D eigenvalue weighted by molar-refractivity contribution is -0.192. The molecule has 13 heteroatoms. The van der Waals surface area contributed by atoms with Crippen LogP contribution < -0.4 is 11.1 Å². The van der Waals surface area contributed by atoms with Crippen molar-refractivity contribution in [2.45, 2.75) is 18.6 Å². The Morgan fingerprint density at radius 1 is 1.12 bits per heavy atom. The van der Waals surface area contributed by atoms with Crippen molar-refractivity contribution in [2.75, 3.05) is 11.1 Å². The molecule has 170 valence electrons. The van der Waals surface area contributed by atoms with E-state index < -0.39 is 42.0 Å². The van der Waals surface area contributed by atoms with Gasteiger partial charge in [0.05, 0.1) is 5.92 Å². The van der Waals surface area contributed by atoms with Gasteiger partial charge in [-0.05, 0) is 36.2 Å². The summed E-state index contributed by atoms with van der Waals surface area (Å²) >= 11 is 0. The highest BCUT2D eigenvalue weighted by Gasteiger charge is 2.54. The predicted octanol–water partition coefficient (Wildman–Crippen LogP) is 1.98. The summed E-state index contributed by atoms with van der Waals surface area (Å²) in [5.41, 5.74) is 6.77. The number of nitrogens with two attached hydrogens (primary N) is 1. The van der Waals surface area contributed by atoms with Gasteiger partial charge in [0, 0.05) is 11.9 Å². The Morgan fingerprint density at radius 2 is 1.72 bits per heavy atom. The molecule has 3 rings (SSSR count). The molecule has 32 heavy (non-hydrogen) atoms. The number of benzene rings is 1. The number of amides is 3. The van der Waals surface area contributed by atoms with Gasteiger partial charge in [-0.3, -0.25) is 4.79 Å². The van der Waals surface area contributed by atoms with E-state index in [1.807, 2.05) is 0 Å². The molecule has 0 radical (unpaired) electrons. The van der Waals surface area contributed by atoms with Crippen molar-refractivity contribution < 1.29 is 42.6 Å². The molecule has 0 aliphatic carbocycles. The minimum atomic E-state index is -5.08. The summed E-state index contributed by atoms with van der Waals surface area (Å²) < 4.78 is 31.7. The number of imide groups is 1. The van der Waals surface area contributed by atoms with Gasteiger partial charge in [0.1, 0.15) is 5.82 Å². The fraction of sp³-hybridized carbons (Fsp3) is 0.211. The number of nitrogen functional groups attached to an aromatic ring is 1. The lowest BCUT2D eigenvalue weighted by Gasteiger charge is -2.42. The molecular formula is C19H17F3N4O6. The Morgan fingerprint density at radius 3 is 2.22 bits per heavy atom. The second-order valence-electron chi connectivity index (χ2n) is 6.49. The molecular weight excluding hydrogens is 437 g/mol. The van der Waals surface area contributed by atoms with Crippen molar-refractivity contribution >= 4 is 35.4 Å². The van der Waals surface area contributed by atoms with Crippen LogP contribution in [0.1, 0.15) is 5.56 Å². The quantitative estimate of drug-likeness (QED) is 0.510. The number of nitrogens with zero attached hydrogens (tertiary/aromatic N) is 2. The fourth-order valence-electron chi connectivity index (χ4n) is 2.84. The molecule has 2 heterocycles. The normalized spacial score (nSPS) is 17.5. The van der Waals surface area contributed by atoms with Crippen LogP contribution in [0.25, 0.3) is 0 Å². The number of carboxylic acid groups (broad SMARTS) is 2. The number of anilines is 2. The first-order valence-corrected chi connectivity index (χ1v) is 8.84. The number of likely N-dealkylation sites (tertiary alicyclic amines) is 1. The van der Waals surface area contributed by atoms with Crippen molar-refractivity contribution in [2.24, 2.45) is 5.92 Å². The third-order valence-corrected chi connectivity index (χ3v) is 4.25. The molecule has 5 N–H and O–H groups in total. The largest absolute Gasteiger partial charge is 0.490 e. The van der Waals surface area contributed by atoms with Crippen LogP contribution in [0.2, 0.25) is 0 Å². The number of aliphatic carboxylic acids is 2. The summed E-state index contributed by atoms with van der Waals surface area (Å²) in [6, 6.07) is 9.79. The molecule has 0 saturated carbocycles. The number of hydrogen-bond acceptors (Lipinski definition) is 6. The number of nitrogens with one attached hydrogen (secondary N) is 1. The van der Waals surface area contributed by atoms with E-state index in [1.54, 1.807) is 42.5 Å². The molecule has 2 atom stereocenters. The van der Waals surface area contributed by atoms with Crippen molar-refractivity contribution in [3.63, 3.8) is 0 Å². The first-order valence-electron chi connectivity index (χ1n) is 8.84. The van der Waals surface area contributed by atoms with Crippen LogP contribution in [-0.2, 0) is 20.8 Å². The minimum Gasteiger partial charge on any atom is -0.480 e. The number of alkyl halides is 3. The molecule has 1 fully saturated rings. The standard InChI is InChI=1S/C17H16N4O4.C2HF3O2/c18-13-9-10(6-7-19-13)8-12-14(16(23)24)21(15(12)22)17(25)20-11-4-2-1-3-5-11;3-2(4,5)1(6)7/h1-7,9,12,14H,8H2,(H2,18,19)(H,20,25)(H,23,24);(H,6,7).